The summed E-state index contributed by atoms with van der Waals surface area (Å²) in [6.45, 7) is 8.64. The number of hydrogen-bond donors (Lipinski definition) is 3. The SMILES string of the molecule is CC/C=C(\C)CN1CCC(n2cc(CNC)nn2)CC1.O=C(O)C(F)(F)F.O=C(O)C(F)(F)F. The number of carboxylic acid groups (broad SMARTS) is 2. The molecule has 0 bridgehead atoms. The first kappa shape index (κ1) is 31.3. The molecule has 0 saturated carbocycles. The van der Waals surface area contributed by atoms with Crippen molar-refractivity contribution in [3.05, 3.63) is 23.5 Å². The molecule has 1 saturated heterocycles. The third-order valence-corrected chi connectivity index (χ3v) is 4.36. The van der Waals surface area contributed by atoms with Crippen LogP contribution in [0.15, 0.2) is 17.8 Å². The van der Waals surface area contributed by atoms with E-state index in [0.29, 0.717) is 6.04 Å². The highest BCUT2D eigenvalue weighted by molar-refractivity contribution is 5.73. The Hall–Kier alpha value is -2.68. The van der Waals surface area contributed by atoms with E-state index >= 15 is 0 Å². The van der Waals surface area contributed by atoms with Gasteiger partial charge in [-0.1, -0.05) is 23.8 Å². The second kappa shape index (κ2) is 14.6. The van der Waals surface area contributed by atoms with Gasteiger partial charge in [0.1, 0.15) is 0 Å². The Morgan fingerprint density at radius 1 is 1.12 bits per heavy atom. The summed E-state index contributed by atoms with van der Waals surface area (Å²) in [7, 11) is 1.93. The number of hydrogen-bond acceptors (Lipinski definition) is 6. The largest absolute Gasteiger partial charge is 0.490 e. The smallest absolute Gasteiger partial charge is 0.475 e. The lowest BCUT2D eigenvalue weighted by molar-refractivity contribution is -0.193. The molecule has 2 rings (SSSR count). The zero-order valence-corrected chi connectivity index (χ0v) is 18.9. The van der Waals surface area contributed by atoms with Crippen molar-refractivity contribution in [1.29, 1.82) is 0 Å². The average Bonchev–Trinajstić information content (AvgIpc) is 3.17. The highest BCUT2D eigenvalue weighted by Crippen LogP contribution is 2.22. The zero-order valence-electron chi connectivity index (χ0n) is 18.9. The molecule has 2 heterocycles. The van der Waals surface area contributed by atoms with Crippen LogP contribution in [-0.4, -0.2) is 81.1 Å². The minimum absolute atomic E-state index is 0.514. The first-order valence-corrected chi connectivity index (χ1v) is 10.1. The summed E-state index contributed by atoms with van der Waals surface area (Å²) in [6, 6.07) is 0.514. The van der Waals surface area contributed by atoms with Crippen molar-refractivity contribution in [3.8, 4) is 0 Å². The molecule has 15 heteroatoms. The highest BCUT2D eigenvalue weighted by Gasteiger charge is 2.38. The van der Waals surface area contributed by atoms with Gasteiger partial charge in [-0.3, -0.25) is 4.90 Å². The monoisotopic (exact) mass is 505 g/mol. The van der Waals surface area contributed by atoms with Crippen molar-refractivity contribution >= 4 is 11.9 Å². The fraction of sp³-hybridized carbons (Fsp3) is 0.684. The molecule has 0 unspecified atom stereocenters. The Labute approximate surface area is 192 Å². The first-order valence-electron chi connectivity index (χ1n) is 10.1. The van der Waals surface area contributed by atoms with Gasteiger partial charge in [0.15, 0.2) is 0 Å². The predicted molar refractivity (Wildman–Crippen MR) is 109 cm³/mol. The Balaban J connectivity index is 0.000000642. The lowest BCUT2D eigenvalue weighted by Gasteiger charge is -2.31. The molecular formula is C19H29F6N5O4. The summed E-state index contributed by atoms with van der Waals surface area (Å²) >= 11 is 0. The number of nitrogens with zero attached hydrogens (tertiary/aromatic N) is 4. The van der Waals surface area contributed by atoms with Gasteiger partial charge < -0.3 is 15.5 Å². The summed E-state index contributed by atoms with van der Waals surface area (Å²) < 4.78 is 65.5. The molecule has 0 atom stereocenters. The van der Waals surface area contributed by atoms with Gasteiger partial charge in [0.05, 0.1) is 17.9 Å². The predicted octanol–water partition coefficient (Wildman–Crippen LogP) is 3.26. The van der Waals surface area contributed by atoms with Crippen LogP contribution >= 0.6 is 0 Å². The number of nitrogens with one attached hydrogen (secondary N) is 1. The van der Waals surface area contributed by atoms with E-state index in [4.69, 9.17) is 19.8 Å². The summed E-state index contributed by atoms with van der Waals surface area (Å²) in [6.07, 6.45) is -2.29. The van der Waals surface area contributed by atoms with Crippen LogP contribution < -0.4 is 5.32 Å². The van der Waals surface area contributed by atoms with Gasteiger partial charge in [-0.15, -0.1) is 5.10 Å². The molecule has 3 N–H and O–H groups in total. The maximum absolute atomic E-state index is 10.6. The van der Waals surface area contributed by atoms with Crippen molar-refractivity contribution in [2.24, 2.45) is 0 Å². The van der Waals surface area contributed by atoms with E-state index in [1.807, 2.05) is 7.05 Å². The molecule has 0 amide bonds. The minimum atomic E-state index is -5.08. The molecule has 1 aromatic rings. The number of halogens is 6. The molecule has 1 aliphatic rings. The molecule has 0 spiro atoms. The van der Waals surface area contributed by atoms with Gasteiger partial charge in [-0.2, -0.15) is 26.3 Å². The normalized spacial score (nSPS) is 15.6. The van der Waals surface area contributed by atoms with E-state index in [-0.39, 0.29) is 0 Å². The average molecular weight is 505 g/mol. The molecule has 9 nitrogen and oxygen atoms in total. The van der Waals surface area contributed by atoms with Crippen LogP contribution in [0.25, 0.3) is 0 Å². The van der Waals surface area contributed by atoms with E-state index in [1.165, 1.54) is 18.4 Å². The highest BCUT2D eigenvalue weighted by atomic mass is 19.4. The fourth-order valence-corrected chi connectivity index (χ4v) is 2.86. The minimum Gasteiger partial charge on any atom is -0.475 e. The number of carboxylic acids is 2. The van der Waals surface area contributed by atoms with Crippen molar-refractivity contribution in [1.82, 2.24) is 25.2 Å². The van der Waals surface area contributed by atoms with E-state index in [0.717, 1.165) is 38.3 Å². The van der Waals surface area contributed by atoms with Gasteiger partial charge in [0.25, 0.3) is 0 Å². The zero-order chi connectivity index (χ0) is 26.5. The number of likely N-dealkylation sites (tertiary alicyclic amines) is 1. The van der Waals surface area contributed by atoms with Crippen LogP contribution in [0, 0.1) is 0 Å². The number of piperidine rings is 1. The van der Waals surface area contributed by atoms with Gasteiger partial charge >= 0.3 is 24.3 Å². The number of allylic oxidation sites excluding steroid dienone is 1. The lowest BCUT2D eigenvalue weighted by atomic mass is 10.0. The van der Waals surface area contributed by atoms with E-state index in [2.05, 4.69) is 51.3 Å². The van der Waals surface area contributed by atoms with E-state index in [1.54, 1.807) is 0 Å². The number of rotatable bonds is 6. The fourth-order valence-electron chi connectivity index (χ4n) is 2.86. The number of carbonyl (C=O) groups is 2. The molecule has 1 fully saturated rings. The molecule has 34 heavy (non-hydrogen) atoms. The molecule has 196 valence electrons. The third kappa shape index (κ3) is 13.1. The van der Waals surface area contributed by atoms with Crippen LogP contribution in [0.1, 0.15) is 44.8 Å². The summed E-state index contributed by atoms with van der Waals surface area (Å²) in [5, 5.41) is 25.8. The van der Waals surface area contributed by atoms with Gasteiger partial charge in [-0.05, 0) is 33.2 Å². The Kier molecular flexibility index (Phi) is 13.4. The van der Waals surface area contributed by atoms with Crippen molar-refractivity contribution in [3.63, 3.8) is 0 Å². The van der Waals surface area contributed by atoms with Crippen molar-refractivity contribution in [2.75, 3.05) is 26.7 Å². The second-order valence-electron chi connectivity index (χ2n) is 7.29. The van der Waals surface area contributed by atoms with Crippen LogP contribution in [0.4, 0.5) is 26.3 Å². The molecule has 0 aliphatic carbocycles. The number of aromatic nitrogens is 3. The summed E-state index contributed by atoms with van der Waals surface area (Å²) in [5.41, 5.74) is 2.51. The molecular weight excluding hydrogens is 476 g/mol. The molecule has 1 aromatic heterocycles. The standard InChI is InChI=1S/C15H27N5.2C2HF3O2/c1-4-5-13(2)11-19-8-6-15(7-9-19)20-12-14(10-16-3)17-18-20;2*3-2(4,5)1(6)7/h5,12,15-16H,4,6-11H2,1-3H3;2*(H,6,7)/b13-5+;;. The van der Waals surface area contributed by atoms with Crippen LogP contribution in [0.5, 0.6) is 0 Å². The van der Waals surface area contributed by atoms with Crippen molar-refractivity contribution in [2.45, 2.75) is 58.0 Å². The first-order chi connectivity index (χ1) is 15.6. The maximum atomic E-state index is 10.6. The van der Waals surface area contributed by atoms with Crippen LogP contribution in [0.3, 0.4) is 0 Å². The van der Waals surface area contributed by atoms with Crippen molar-refractivity contribution < 1.29 is 46.1 Å². The molecule has 0 radical (unpaired) electrons. The topological polar surface area (TPSA) is 121 Å². The Morgan fingerprint density at radius 2 is 1.59 bits per heavy atom. The maximum Gasteiger partial charge on any atom is 0.490 e. The quantitative estimate of drug-likeness (QED) is 0.398. The van der Waals surface area contributed by atoms with Crippen LogP contribution in [-0.2, 0) is 16.1 Å². The summed E-state index contributed by atoms with van der Waals surface area (Å²) in [5.74, 6) is -5.51. The third-order valence-electron chi connectivity index (χ3n) is 4.36. The Bertz CT molecular complexity index is 763. The van der Waals surface area contributed by atoms with Gasteiger partial charge in [0, 0.05) is 26.2 Å². The van der Waals surface area contributed by atoms with Gasteiger partial charge in [-0.25, -0.2) is 14.3 Å². The number of aliphatic carboxylic acids is 2. The second-order valence-corrected chi connectivity index (χ2v) is 7.29. The molecule has 0 aromatic carbocycles. The Morgan fingerprint density at radius 3 is 1.97 bits per heavy atom. The van der Waals surface area contributed by atoms with Gasteiger partial charge in [0.2, 0.25) is 0 Å². The van der Waals surface area contributed by atoms with E-state index < -0.39 is 24.3 Å². The molecule has 1 aliphatic heterocycles. The lowest BCUT2D eigenvalue weighted by Crippen LogP contribution is -2.35. The number of alkyl halides is 6. The van der Waals surface area contributed by atoms with E-state index in [9.17, 15) is 26.3 Å². The van der Waals surface area contributed by atoms with Crippen LogP contribution in [0.2, 0.25) is 0 Å². The summed E-state index contributed by atoms with van der Waals surface area (Å²) in [4.78, 5) is 20.3.